The molecule has 0 radical (unpaired) electrons. The molecular formula is C93H122BrF2N15O9. The fraction of sp³-hybridized carbons (Fsp3) is 0.516. The van der Waals surface area contributed by atoms with Crippen molar-refractivity contribution in [1.29, 1.82) is 0 Å². The first-order valence-corrected chi connectivity index (χ1v) is 43.1. The molecular weight excluding hydrogens is 1590 g/mol. The Balaban J connectivity index is 0.000000160. The maximum absolute atomic E-state index is 14.5. The van der Waals surface area contributed by atoms with Gasteiger partial charge in [0.05, 0.1) is 52.8 Å². The maximum atomic E-state index is 14.5. The molecule has 3 aliphatic heterocycles. The molecule has 24 nitrogen and oxygen atoms in total. The second-order valence-electron chi connectivity index (χ2n) is 37.5. The van der Waals surface area contributed by atoms with Crippen LogP contribution in [0.3, 0.4) is 0 Å². The predicted molar refractivity (Wildman–Crippen MR) is 463 cm³/mol. The molecule has 15 rings (SSSR count). The molecule has 0 bridgehead atoms. The van der Waals surface area contributed by atoms with Crippen molar-refractivity contribution >= 4 is 33.7 Å². The fourth-order valence-electron chi connectivity index (χ4n) is 17.1. The van der Waals surface area contributed by atoms with Crippen LogP contribution < -0.4 is 46.1 Å². The molecule has 3 aromatic carbocycles. The molecule has 6 aromatic heterocycles. The molecule has 12 N–H and O–H groups in total. The topological polar surface area (TPSA) is 336 Å². The number of hydrogen-bond donors (Lipinski definition) is 12. The Kier molecular flexibility index (Phi) is 29.4. The molecule has 3 saturated carbocycles. The summed E-state index contributed by atoms with van der Waals surface area (Å²) >= 11 is 3.21. The number of benzene rings is 3. The lowest BCUT2D eigenvalue weighted by Crippen LogP contribution is -2.52. The molecule has 644 valence electrons. The van der Waals surface area contributed by atoms with Gasteiger partial charge in [-0.3, -0.25) is 14.4 Å². The monoisotopic (exact) mass is 1710 g/mol. The highest BCUT2D eigenvalue weighted by Crippen LogP contribution is 2.52. The van der Waals surface area contributed by atoms with Gasteiger partial charge in [-0.05, 0) is 210 Å². The normalized spacial score (nSPS) is 19.1. The number of aliphatic hydroxyl groups is 3. The number of pyridine rings is 3. The van der Waals surface area contributed by atoms with Crippen molar-refractivity contribution in [3.8, 4) is 40.4 Å². The van der Waals surface area contributed by atoms with Crippen molar-refractivity contribution in [2.24, 2.45) is 16.2 Å². The fourth-order valence-corrected chi connectivity index (χ4v) is 17.5. The standard InChI is InChI=1S/C31H40FN5O3.C31H41N5O3.C28H37BrFN3O3.C3H4N2/c1-19(38)37-25(14-20-6-7-24(32)22(12-20)28-33-10-11-34-28)27(39)18-35-26-16-31(8-5-9-31)40-29-23(26)13-21(17-36-29)15-30(2,3)4;1-20(37)36-25(15-21-7-5-8-23(13-21)28-32-11-12-33-28)27(38)19-34-26-17-31(9-6-10-31)39-29-24(26)14-22(18-35-29)16-30(2,3)4;1-17(34)33-23(12-18-6-7-22(30)21(29)11-18)25(35)16-31-24-14-28(8-5-9-28)36-26-20(24)10-19(15-32-26)13-27(2,3)4;1-2-5-3-4-1/h6-7,10-13,17,25-27,35,39H,5,8-9,14-16,18H2,1-4H3,(H,33,34)(H,37,38);5,7-8,11-14,18,25-27,34,38H,6,9-10,15-17,19H2,1-4H3,(H,32,33)(H,36,37);6-7,10-11,15,23-25,31,35H,5,8-9,12-14,16H2,1-4H3,(H,33,34);1-3H,(H,4,5)/t2*25-,26-,27+;23-,24-,25+;/m000./s1. The number of ether oxygens (including phenoxy) is 3. The number of nitrogens with zero attached hydrogens (tertiary/aromatic N) is 6. The minimum Gasteiger partial charge on any atom is -0.471 e. The zero-order valence-corrected chi connectivity index (χ0v) is 73.0. The Morgan fingerprint density at radius 3 is 1.19 bits per heavy atom. The number of carbonyl (C=O) groups excluding carboxylic acids is 3. The zero-order chi connectivity index (χ0) is 85.7. The van der Waals surface area contributed by atoms with Gasteiger partial charge >= 0.3 is 0 Å². The van der Waals surface area contributed by atoms with Crippen molar-refractivity contribution < 1.29 is 52.7 Å². The Labute approximate surface area is 712 Å². The van der Waals surface area contributed by atoms with Gasteiger partial charge in [-0.1, -0.05) is 92.6 Å². The van der Waals surface area contributed by atoms with Crippen LogP contribution in [0.15, 0.2) is 145 Å². The van der Waals surface area contributed by atoms with Crippen LogP contribution in [-0.2, 0) is 52.9 Å². The quantitative estimate of drug-likeness (QED) is 0.0240. The van der Waals surface area contributed by atoms with Gasteiger partial charge in [0.15, 0.2) is 0 Å². The van der Waals surface area contributed by atoms with Gasteiger partial charge in [0.25, 0.3) is 0 Å². The first kappa shape index (κ1) is 89.9. The van der Waals surface area contributed by atoms with E-state index in [1.54, 1.807) is 67.8 Å². The number of carbonyl (C=O) groups is 3. The minimum absolute atomic E-state index is 0.00550. The Morgan fingerprint density at radius 1 is 0.483 bits per heavy atom. The molecule has 3 aliphatic carbocycles. The van der Waals surface area contributed by atoms with E-state index in [0.29, 0.717) is 59.3 Å². The molecule has 3 fully saturated rings. The number of fused-ring (bicyclic) bond motifs is 3. The van der Waals surface area contributed by atoms with Crippen LogP contribution in [0.4, 0.5) is 8.78 Å². The third kappa shape index (κ3) is 24.9. The number of H-pyrrole nitrogens is 3. The van der Waals surface area contributed by atoms with Gasteiger partial charge in [0, 0.05) is 156 Å². The summed E-state index contributed by atoms with van der Waals surface area (Å²) in [4.78, 5) is 71.1. The van der Waals surface area contributed by atoms with E-state index < -0.39 is 36.4 Å². The number of halogens is 3. The third-order valence-electron chi connectivity index (χ3n) is 23.1. The van der Waals surface area contributed by atoms with Crippen LogP contribution in [-0.4, -0.2) is 151 Å². The summed E-state index contributed by atoms with van der Waals surface area (Å²) in [6, 6.07) is 22.6. The molecule has 0 unspecified atom stereocenters. The number of aromatic amines is 3. The van der Waals surface area contributed by atoms with Crippen LogP contribution in [0.1, 0.15) is 228 Å². The lowest BCUT2D eigenvalue weighted by molar-refractivity contribution is -0.121. The van der Waals surface area contributed by atoms with Crippen LogP contribution in [0.2, 0.25) is 0 Å². The van der Waals surface area contributed by atoms with Gasteiger partial charge in [-0.2, -0.15) is 0 Å². The Bertz CT molecular complexity index is 4850. The highest BCUT2D eigenvalue weighted by Gasteiger charge is 2.49. The molecule has 9 aromatic rings. The Hall–Kier alpha value is -9.35. The summed E-state index contributed by atoms with van der Waals surface area (Å²) in [7, 11) is 0. The molecule has 9 heterocycles. The van der Waals surface area contributed by atoms with Crippen molar-refractivity contribution in [2.75, 3.05) is 19.6 Å². The maximum Gasteiger partial charge on any atom is 0.218 e. The molecule has 9 atom stereocenters. The molecule has 3 amide bonds. The second-order valence-corrected chi connectivity index (χ2v) is 38.3. The molecule has 3 spiro atoms. The number of imidazole rings is 3. The van der Waals surface area contributed by atoms with Crippen molar-refractivity contribution in [3.05, 3.63) is 207 Å². The summed E-state index contributed by atoms with van der Waals surface area (Å²) in [6.07, 6.45) is 31.0. The lowest BCUT2D eigenvalue weighted by Gasteiger charge is -2.47. The third-order valence-corrected chi connectivity index (χ3v) is 23.7. The Morgan fingerprint density at radius 2 is 0.867 bits per heavy atom. The van der Waals surface area contributed by atoms with Gasteiger partial charge in [-0.15, -0.1) is 0 Å². The predicted octanol–water partition coefficient (Wildman–Crippen LogP) is 14.6. The first-order valence-electron chi connectivity index (χ1n) is 42.4. The van der Waals surface area contributed by atoms with Crippen molar-refractivity contribution in [3.63, 3.8) is 0 Å². The van der Waals surface area contributed by atoms with Crippen molar-refractivity contribution in [2.45, 2.75) is 270 Å². The van der Waals surface area contributed by atoms with E-state index in [1.807, 2.05) is 42.9 Å². The smallest absolute Gasteiger partial charge is 0.218 e. The number of nitrogens with one attached hydrogen (secondary N) is 9. The van der Waals surface area contributed by atoms with Gasteiger partial charge in [0.2, 0.25) is 35.4 Å². The molecule has 0 saturated heterocycles. The number of aliphatic hydroxyl groups excluding tert-OH is 3. The summed E-state index contributed by atoms with van der Waals surface area (Å²) < 4.78 is 47.7. The number of aromatic nitrogens is 9. The number of amides is 3. The summed E-state index contributed by atoms with van der Waals surface area (Å²) in [5, 5.41) is 53.2. The van der Waals surface area contributed by atoms with E-state index in [4.69, 9.17) is 24.2 Å². The van der Waals surface area contributed by atoms with Crippen LogP contribution in [0, 0.1) is 27.9 Å². The van der Waals surface area contributed by atoms with E-state index in [2.05, 4.69) is 163 Å². The lowest BCUT2D eigenvalue weighted by atomic mass is 9.73. The van der Waals surface area contributed by atoms with Crippen molar-refractivity contribution in [1.82, 2.24) is 76.8 Å². The van der Waals surface area contributed by atoms with E-state index in [1.165, 1.54) is 44.0 Å². The average Bonchev–Trinajstić information content (AvgIpc) is 0.768. The SMILES string of the molecule is CC(=O)N[C@@H](Cc1ccc(F)c(-c2ncc[nH]2)c1)[C@H](O)CN[C@H]1CC2(CCC2)Oc2ncc(CC(C)(C)C)cc21.CC(=O)N[C@@H](Cc1ccc(F)c(Br)c1)[C@H](O)CN[C@H]1CC2(CCC2)Oc2ncc(CC(C)(C)C)cc21.CC(=O)N[C@@H](Cc1cccc(-c2ncc[nH]2)c1)[C@H](O)CN[C@H]1CC2(CCC2)Oc2ncc(CC(C)(C)C)cc21.c1c[nH]cn1. The molecule has 6 aliphatic rings. The average molecular weight is 1710 g/mol. The first-order chi connectivity index (χ1) is 57.0. The van der Waals surface area contributed by atoms with Gasteiger partial charge < -0.3 is 76.4 Å². The van der Waals surface area contributed by atoms with Gasteiger partial charge in [0.1, 0.15) is 40.1 Å². The van der Waals surface area contributed by atoms with E-state index in [0.717, 1.165) is 147 Å². The number of rotatable bonds is 26. The molecule has 120 heavy (non-hydrogen) atoms. The minimum atomic E-state index is -0.879. The summed E-state index contributed by atoms with van der Waals surface area (Å²) in [5.41, 5.74) is 10.4. The van der Waals surface area contributed by atoms with E-state index >= 15 is 0 Å². The van der Waals surface area contributed by atoms with Gasteiger partial charge in [-0.25, -0.2) is 38.7 Å². The largest absolute Gasteiger partial charge is 0.471 e. The summed E-state index contributed by atoms with van der Waals surface area (Å²) in [5.74, 6) is 1.92. The van der Waals surface area contributed by atoms with Crippen LogP contribution in [0.5, 0.6) is 17.6 Å². The van der Waals surface area contributed by atoms with E-state index in [-0.39, 0.29) is 93.6 Å². The van der Waals surface area contributed by atoms with Crippen LogP contribution >= 0.6 is 15.9 Å². The highest BCUT2D eigenvalue weighted by molar-refractivity contribution is 9.10. The summed E-state index contributed by atoms with van der Waals surface area (Å²) in [6.45, 7) is 25.2. The van der Waals surface area contributed by atoms with E-state index in [9.17, 15) is 38.5 Å². The second kappa shape index (κ2) is 39.2. The van der Waals surface area contributed by atoms with Crippen LogP contribution in [0.25, 0.3) is 22.8 Å². The zero-order valence-electron chi connectivity index (χ0n) is 71.4. The molecule has 27 heteroatoms. The highest BCUT2D eigenvalue weighted by atomic mass is 79.9. The number of hydrogen-bond acceptors (Lipinski definition) is 18.